The number of halogens is 1. The third-order valence-corrected chi connectivity index (χ3v) is 5.94. The summed E-state index contributed by atoms with van der Waals surface area (Å²) in [5.41, 5.74) is 2.97. The van der Waals surface area contributed by atoms with Gasteiger partial charge < -0.3 is 28.6 Å². The topological polar surface area (TPSA) is 66.4 Å². The standard InChI is InChI=1S/C21H22BClO6/c1-2-25-15-6-3-12(4-7-15)9-13-10-14(5-8-16(13)23)22-28-19-17-11-26-21(27-17)20(29-22)18(19)24/h3-8,10,17-21,24H,2,9,11H2,1H3/t17-,18-,19-,20?,21+/m0/s1. The van der Waals surface area contributed by atoms with Crippen LogP contribution in [0.15, 0.2) is 42.5 Å². The van der Waals surface area contributed by atoms with Crippen molar-refractivity contribution in [2.24, 2.45) is 0 Å². The van der Waals surface area contributed by atoms with E-state index >= 15 is 0 Å². The molecule has 4 bridgehead atoms. The van der Waals surface area contributed by atoms with E-state index in [1.165, 1.54) is 0 Å². The molecule has 8 heteroatoms. The summed E-state index contributed by atoms with van der Waals surface area (Å²) in [6, 6.07) is 13.7. The van der Waals surface area contributed by atoms with Gasteiger partial charge in [-0.1, -0.05) is 35.9 Å². The van der Waals surface area contributed by atoms with E-state index < -0.39 is 31.7 Å². The second-order valence-electron chi connectivity index (χ2n) is 7.50. The first-order valence-corrected chi connectivity index (χ1v) is 10.3. The van der Waals surface area contributed by atoms with Crippen molar-refractivity contribution in [3.63, 3.8) is 0 Å². The molecule has 3 saturated heterocycles. The second-order valence-corrected chi connectivity index (χ2v) is 7.91. The van der Waals surface area contributed by atoms with Crippen LogP contribution in [0.5, 0.6) is 5.75 Å². The number of aliphatic hydroxyl groups excluding tert-OH is 1. The lowest BCUT2D eigenvalue weighted by Gasteiger charge is -2.44. The van der Waals surface area contributed by atoms with Gasteiger partial charge in [0.15, 0.2) is 6.29 Å². The van der Waals surface area contributed by atoms with Crippen molar-refractivity contribution < 1.29 is 28.6 Å². The average molecular weight is 417 g/mol. The molecule has 0 saturated carbocycles. The number of hydrogen-bond acceptors (Lipinski definition) is 6. The molecule has 6 nitrogen and oxygen atoms in total. The van der Waals surface area contributed by atoms with E-state index in [0.717, 1.165) is 22.3 Å². The minimum Gasteiger partial charge on any atom is -0.494 e. The zero-order valence-electron chi connectivity index (χ0n) is 16.0. The van der Waals surface area contributed by atoms with Crippen molar-refractivity contribution in [2.45, 2.75) is 44.1 Å². The number of rotatable bonds is 5. The second kappa shape index (κ2) is 7.91. The lowest BCUT2D eigenvalue weighted by Crippen LogP contribution is -2.65. The fraction of sp³-hybridized carbons (Fsp3) is 0.429. The molecule has 1 N–H and O–H groups in total. The van der Waals surface area contributed by atoms with Gasteiger partial charge in [0.25, 0.3) is 0 Å². The average Bonchev–Trinajstić information content (AvgIpc) is 3.18. The number of hydrogen-bond donors (Lipinski definition) is 1. The predicted octanol–water partition coefficient (Wildman–Crippen LogP) is 1.92. The highest BCUT2D eigenvalue weighted by Crippen LogP contribution is 2.35. The summed E-state index contributed by atoms with van der Waals surface area (Å²) < 4.78 is 28.8. The van der Waals surface area contributed by atoms with Gasteiger partial charge in [0.05, 0.1) is 13.2 Å². The van der Waals surface area contributed by atoms with Crippen LogP contribution in [0.4, 0.5) is 0 Å². The SMILES string of the molecule is CCOc1ccc(Cc2cc(B3OC4[C@@H]5OC[C@H](O5)[C@H](O3)[C@@H]4O)ccc2Cl)cc1. The maximum atomic E-state index is 10.4. The molecule has 3 aliphatic heterocycles. The Bertz CT molecular complexity index is 858. The van der Waals surface area contributed by atoms with Gasteiger partial charge in [-0.3, -0.25) is 0 Å². The Labute approximate surface area is 174 Å². The molecule has 2 aromatic carbocycles. The van der Waals surface area contributed by atoms with Crippen LogP contribution in [-0.4, -0.2) is 56.1 Å². The molecule has 29 heavy (non-hydrogen) atoms. The largest absolute Gasteiger partial charge is 0.494 e. The molecule has 3 aliphatic rings. The molecule has 3 heterocycles. The van der Waals surface area contributed by atoms with E-state index in [0.29, 0.717) is 24.7 Å². The predicted molar refractivity (Wildman–Crippen MR) is 108 cm³/mol. The van der Waals surface area contributed by atoms with E-state index in [1.807, 2.05) is 49.4 Å². The molecule has 0 aromatic heterocycles. The molecular formula is C21H22BClO6. The number of benzene rings is 2. The third-order valence-electron chi connectivity index (χ3n) is 5.57. The van der Waals surface area contributed by atoms with Crippen molar-refractivity contribution >= 4 is 24.2 Å². The van der Waals surface area contributed by atoms with Gasteiger partial charge in [0, 0.05) is 5.02 Å². The highest BCUT2D eigenvalue weighted by molar-refractivity contribution is 6.61. The van der Waals surface area contributed by atoms with Crippen LogP contribution >= 0.6 is 11.6 Å². The van der Waals surface area contributed by atoms with Crippen molar-refractivity contribution in [1.82, 2.24) is 0 Å². The van der Waals surface area contributed by atoms with Crippen LogP contribution < -0.4 is 10.2 Å². The van der Waals surface area contributed by atoms with E-state index in [2.05, 4.69) is 0 Å². The Morgan fingerprint density at radius 1 is 1.14 bits per heavy atom. The number of ether oxygens (including phenoxy) is 3. The first kappa shape index (κ1) is 19.4. The van der Waals surface area contributed by atoms with Crippen LogP contribution in [0.3, 0.4) is 0 Å². The first-order valence-electron chi connectivity index (χ1n) is 9.88. The van der Waals surface area contributed by atoms with Crippen molar-refractivity contribution in [3.8, 4) is 5.75 Å². The van der Waals surface area contributed by atoms with Crippen molar-refractivity contribution in [2.75, 3.05) is 13.2 Å². The van der Waals surface area contributed by atoms with Crippen molar-refractivity contribution in [3.05, 3.63) is 58.6 Å². The van der Waals surface area contributed by atoms with E-state index in [-0.39, 0.29) is 6.10 Å². The molecule has 0 aliphatic carbocycles. The zero-order chi connectivity index (χ0) is 20.0. The van der Waals surface area contributed by atoms with Gasteiger partial charge in [-0.2, -0.15) is 0 Å². The lowest BCUT2D eigenvalue weighted by atomic mass is 9.74. The Hall–Kier alpha value is -1.61. The number of aliphatic hydroxyl groups is 1. The molecule has 0 radical (unpaired) electrons. The van der Waals surface area contributed by atoms with Crippen LogP contribution in [-0.2, 0) is 25.2 Å². The smallest absolute Gasteiger partial charge is 0.494 e. The summed E-state index contributed by atoms with van der Waals surface area (Å²) in [5, 5.41) is 11.1. The molecule has 0 amide bonds. The van der Waals surface area contributed by atoms with Gasteiger partial charge in [-0.05, 0) is 48.1 Å². The Kier molecular flexibility index (Phi) is 5.28. The van der Waals surface area contributed by atoms with Crippen LogP contribution in [0.25, 0.3) is 0 Å². The minimum atomic E-state index is -0.756. The van der Waals surface area contributed by atoms with Gasteiger partial charge in [-0.15, -0.1) is 0 Å². The fourth-order valence-corrected chi connectivity index (χ4v) is 4.29. The maximum Gasteiger partial charge on any atom is 0.494 e. The van der Waals surface area contributed by atoms with Gasteiger partial charge in [-0.25, -0.2) is 0 Å². The fourth-order valence-electron chi connectivity index (χ4n) is 4.11. The summed E-state index contributed by atoms with van der Waals surface area (Å²) in [6.07, 6.45) is -1.93. The normalized spacial score (nSPS) is 30.4. The van der Waals surface area contributed by atoms with Gasteiger partial charge >= 0.3 is 7.12 Å². The Balaban J connectivity index is 1.36. The quantitative estimate of drug-likeness (QED) is 0.751. The van der Waals surface area contributed by atoms with Crippen LogP contribution in [0.1, 0.15) is 18.1 Å². The zero-order valence-corrected chi connectivity index (χ0v) is 16.7. The molecule has 2 aromatic rings. The third kappa shape index (κ3) is 3.67. The van der Waals surface area contributed by atoms with E-state index in [9.17, 15) is 5.11 Å². The van der Waals surface area contributed by atoms with E-state index in [4.69, 9.17) is 35.1 Å². The van der Waals surface area contributed by atoms with Gasteiger partial charge in [0.1, 0.15) is 30.2 Å². The highest BCUT2D eigenvalue weighted by Gasteiger charge is 2.57. The Morgan fingerprint density at radius 3 is 2.72 bits per heavy atom. The lowest BCUT2D eigenvalue weighted by molar-refractivity contribution is -0.243. The maximum absolute atomic E-state index is 10.4. The van der Waals surface area contributed by atoms with E-state index in [1.54, 1.807) is 0 Å². The molecule has 3 fully saturated rings. The van der Waals surface area contributed by atoms with Crippen LogP contribution in [0, 0.1) is 0 Å². The van der Waals surface area contributed by atoms with Gasteiger partial charge in [0.2, 0.25) is 0 Å². The molecule has 1 unspecified atom stereocenters. The first-order chi connectivity index (χ1) is 14.1. The summed E-state index contributed by atoms with van der Waals surface area (Å²) in [5.74, 6) is 0.851. The Morgan fingerprint density at radius 2 is 1.93 bits per heavy atom. The molecule has 152 valence electrons. The molecule has 0 spiro atoms. The summed E-state index contributed by atoms with van der Waals surface area (Å²) in [7, 11) is -0.597. The molecular weight excluding hydrogens is 394 g/mol. The summed E-state index contributed by atoms with van der Waals surface area (Å²) >= 11 is 6.46. The molecule has 5 rings (SSSR count). The van der Waals surface area contributed by atoms with Crippen LogP contribution in [0.2, 0.25) is 5.02 Å². The molecule has 5 atom stereocenters. The summed E-state index contributed by atoms with van der Waals surface area (Å²) in [4.78, 5) is 0. The monoisotopic (exact) mass is 416 g/mol. The summed E-state index contributed by atoms with van der Waals surface area (Å²) in [6.45, 7) is 3.01. The minimum absolute atomic E-state index is 0.270. The van der Waals surface area contributed by atoms with Crippen molar-refractivity contribution in [1.29, 1.82) is 0 Å². The highest BCUT2D eigenvalue weighted by atomic mass is 35.5. The number of fused-ring (bicyclic) bond motifs is 6.